The molecule has 1 aliphatic rings. The van der Waals surface area contributed by atoms with Crippen molar-refractivity contribution in [1.29, 1.82) is 0 Å². The number of hydrogen-bond acceptors (Lipinski definition) is 4. The molecule has 1 aromatic heterocycles. The van der Waals surface area contributed by atoms with Gasteiger partial charge in [0, 0.05) is 24.2 Å². The van der Waals surface area contributed by atoms with Crippen molar-refractivity contribution in [2.75, 3.05) is 11.9 Å². The van der Waals surface area contributed by atoms with Gasteiger partial charge in [0.25, 0.3) is 5.91 Å². The second-order valence-electron chi connectivity index (χ2n) is 6.21. The molecule has 0 radical (unpaired) electrons. The van der Waals surface area contributed by atoms with Gasteiger partial charge in [-0.2, -0.15) is 0 Å². The lowest BCUT2D eigenvalue weighted by Gasteiger charge is -2.14. The Morgan fingerprint density at radius 2 is 1.92 bits per heavy atom. The zero-order valence-electron chi connectivity index (χ0n) is 14.1. The summed E-state index contributed by atoms with van der Waals surface area (Å²) >= 11 is 0. The number of nitrogens with zero attached hydrogens (tertiary/aromatic N) is 2. The van der Waals surface area contributed by atoms with E-state index >= 15 is 0 Å². The van der Waals surface area contributed by atoms with Crippen molar-refractivity contribution >= 4 is 11.7 Å². The summed E-state index contributed by atoms with van der Waals surface area (Å²) in [5, 5.41) is 6.36. The molecule has 1 aromatic carbocycles. The fourth-order valence-corrected chi connectivity index (χ4v) is 2.96. The maximum atomic E-state index is 12.3. The minimum Gasteiger partial charge on any atom is -0.367 e. The van der Waals surface area contributed by atoms with Crippen LogP contribution in [0.1, 0.15) is 49.5 Å². The Morgan fingerprint density at radius 3 is 2.62 bits per heavy atom. The van der Waals surface area contributed by atoms with E-state index in [0.29, 0.717) is 24.1 Å². The van der Waals surface area contributed by atoms with Crippen molar-refractivity contribution in [3.8, 4) is 11.4 Å². The number of hydrogen-bond donors (Lipinski definition) is 2. The van der Waals surface area contributed by atoms with Crippen molar-refractivity contribution in [2.24, 2.45) is 0 Å². The molecule has 0 saturated heterocycles. The standard InChI is InChI=1S/C19H24N4O/c1-2-12-20-19(24)16-13-17(21-15-10-6-7-11-15)23-18(22-16)14-8-4-3-5-9-14/h3-5,8-9,13,15H,2,6-7,10-12H2,1H3,(H,20,24)(H,21,22,23). The van der Waals surface area contributed by atoms with Crippen LogP contribution in [0.5, 0.6) is 0 Å². The highest BCUT2D eigenvalue weighted by Gasteiger charge is 2.18. The molecule has 126 valence electrons. The Labute approximate surface area is 142 Å². The second kappa shape index (κ2) is 7.90. The van der Waals surface area contributed by atoms with Gasteiger partial charge in [0.1, 0.15) is 11.5 Å². The fraction of sp³-hybridized carbons (Fsp3) is 0.421. The molecule has 0 atom stereocenters. The van der Waals surface area contributed by atoms with Crippen molar-refractivity contribution in [3.05, 3.63) is 42.1 Å². The van der Waals surface area contributed by atoms with E-state index in [1.54, 1.807) is 6.07 Å². The molecule has 2 N–H and O–H groups in total. The number of carbonyl (C=O) groups excluding carboxylic acids is 1. The lowest BCUT2D eigenvalue weighted by atomic mass is 10.2. The topological polar surface area (TPSA) is 66.9 Å². The van der Waals surface area contributed by atoms with Crippen molar-refractivity contribution in [3.63, 3.8) is 0 Å². The van der Waals surface area contributed by atoms with Gasteiger partial charge in [-0.05, 0) is 19.3 Å². The lowest BCUT2D eigenvalue weighted by molar-refractivity contribution is 0.0948. The molecular weight excluding hydrogens is 300 g/mol. The predicted octanol–water partition coefficient (Wildman–Crippen LogP) is 3.64. The van der Waals surface area contributed by atoms with Crippen LogP contribution in [0.3, 0.4) is 0 Å². The van der Waals surface area contributed by atoms with Gasteiger partial charge >= 0.3 is 0 Å². The summed E-state index contributed by atoms with van der Waals surface area (Å²) in [5.74, 6) is 1.17. The Hall–Kier alpha value is -2.43. The molecule has 0 unspecified atom stereocenters. The molecule has 5 heteroatoms. The molecule has 5 nitrogen and oxygen atoms in total. The average Bonchev–Trinajstić information content (AvgIpc) is 3.13. The van der Waals surface area contributed by atoms with Crippen molar-refractivity contribution in [1.82, 2.24) is 15.3 Å². The minimum atomic E-state index is -0.147. The third-order valence-corrected chi connectivity index (χ3v) is 4.23. The smallest absolute Gasteiger partial charge is 0.270 e. The van der Waals surface area contributed by atoms with Gasteiger partial charge in [0.05, 0.1) is 0 Å². The van der Waals surface area contributed by atoms with E-state index < -0.39 is 0 Å². The number of aromatic nitrogens is 2. The third kappa shape index (κ3) is 4.10. The first kappa shape index (κ1) is 16.4. The lowest BCUT2D eigenvalue weighted by Crippen LogP contribution is -2.26. The summed E-state index contributed by atoms with van der Waals surface area (Å²) in [6.07, 6.45) is 5.70. The second-order valence-corrected chi connectivity index (χ2v) is 6.21. The highest BCUT2D eigenvalue weighted by atomic mass is 16.1. The summed E-state index contributed by atoms with van der Waals surface area (Å²) in [4.78, 5) is 21.4. The van der Waals surface area contributed by atoms with Crippen molar-refractivity contribution in [2.45, 2.75) is 45.1 Å². The molecule has 3 rings (SSSR count). The largest absolute Gasteiger partial charge is 0.367 e. The molecular formula is C19H24N4O. The van der Waals surface area contributed by atoms with Gasteiger partial charge in [0.2, 0.25) is 0 Å². The monoisotopic (exact) mass is 324 g/mol. The first-order valence-corrected chi connectivity index (χ1v) is 8.75. The molecule has 0 spiro atoms. The molecule has 2 aromatic rings. The Morgan fingerprint density at radius 1 is 1.17 bits per heavy atom. The first-order valence-electron chi connectivity index (χ1n) is 8.75. The SMILES string of the molecule is CCCNC(=O)c1cc(NC2CCCC2)nc(-c2ccccc2)n1. The highest BCUT2D eigenvalue weighted by Crippen LogP contribution is 2.23. The molecule has 1 heterocycles. The van der Waals surface area contributed by atoms with E-state index in [1.807, 2.05) is 37.3 Å². The highest BCUT2D eigenvalue weighted by molar-refractivity contribution is 5.93. The van der Waals surface area contributed by atoms with Crippen LogP contribution in [-0.4, -0.2) is 28.5 Å². The number of benzene rings is 1. The van der Waals surface area contributed by atoms with Gasteiger partial charge < -0.3 is 10.6 Å². The van der Waals surface area contributed by atoms with Crippen LogP contribution in [0.25, 0.3) is 11.4 Å². The summed E-state index contributed by atoms with van der Waals surface area (Å²) in [6, 6.07) is 12.0. The fourth-order valence-electron chi connectivity index (χ4n) is 2.96. The Bertz CT molecular complexity index is 681. The zero-order chi connectivity index (χ0) is 16.8. The summed E-state index contributed by atoms with van der Waals surface area (Å²) < 4.78 is 0. The minimum absolute atomic E-state index is 0.147. The summed E-state index contributed by atoms with van der Waals surface area (Å²) in [6.45, 7) is 2.68. The molecule has 1 aliphatic carbocycles. The van der Waals surface area contributed by atoms with Gasteiger partial charge in [-0.1, -0.05) is 50.1 Å². The predicted molar refractivity (Wildman–Crippen MR) is 96.0 cm³/mol. The molecule has 1 saturated carbocycles. The summed E-state index contributed by atoms with van der Waals surface area (Å²) in [7, 11) is 0. The maximum absolute atomic E-state index is 12.3. The van der Waals surface area contributed by atoms with E-state index in [0.717, 1.165) is 30.6 Å². The number of nitrogens with one attached hydrogen (secondary N) is 2. The van der Waals surface area contributed by atoms with Crippen LogP contribution in [0.4, 0.5) is 5.82 Å². The van der Waals surface area contributed by atoms with E-state index in [9.17, 15) is 4.79 Å². The van der Waals surface area contributed by atoms with E-state index in [-0.39, 0.29) is 5.91 Å². The number of rotatable bonds is 6. The average molecular weight is 324 g/mol. The normalized spacial score (nSPS) is 14.5. The Kier molecular flexibility index (Phi) is 5.41. The molecule has 1 amide bonds. The van der Waals surface area contributed by atoms with Gasteiger partial charge in [0.15, 0.2) is 5.82 Å². The Balaban J connectivity index is 1.90. The van der Waals surface area contributed by atoms with Gasteiger partial charge in [-0.25, -0.2) is 9.97 Å². The van der Waals surface area contributed by atoms with Crippen LogP contribution in [0, 0.1) is 0 Å². The third-order valence-electron chi connectivity index (χ3n) is 4.23. The van der Waals surface area contributed by atoms with Crippen LogP contribution in [0.15, 0.2) is 36.4 Å². The number of carbonyl (C=O) groups is 1. The van der Waals surface area contributed by atoms with E-state index in [4.69, 9.17) is 0 Å². The van der Waals surface area contributed by atoms with E-state index in [2.05, 4.69) is 20.6 Å². The van der Waals surface area contributed by atoms with Crippen LogP contribution in [0.2, 0.25) is 0 Å². The quantitative estimate of drug-likeness (QED) is 0.851. The summed E-state index contributed by atoms with van der Waals surface area (Å²) in [5.41, 5.74) is 1.33. The van der Waals surface area contributed by atoms with Crippen LogP contribution < -0.4 is 10.6 Å². The molecule has 24 heavy (non-hydrogen) atoms. The van der Waals surface area contributed by atoms with E-state index in [1.165, 1.54) is 12.8 Å². The van der Waals surface area contributed by atoms with Gasteiger partial charge in [-0.15, -0.1) is 0 Å². The van der Waals surface area contributed by atoms with Crippen molar-refractivity contribution < 1.29 is 4.79 Å². The number of amides is 1. The first-order chi connectivity index (χ1) is 11.8. The molecule has 1 fully saturated rings. The van der Waals surface area contributed by atoms with Gasteiger partial charge in [-0.3, -0.25) is 4.79 Å². The number of anilines is 1. The molecule has 0 aliphatic heterocycles. The molecule has 0 bridgehead atoms. The maximum Gasteiger partial charge on any atom is 0.270 e. The van der Waals surface area contributed by atoms with Crippen LogP contribution >= 0.6 is 0 Å². The zero-order valence-corrected chi connectivity index (χ0v) is 14.1. The van der Waals surface area contributed by atoms with Crippen LogP contribution in [-0.2, 0) is 0 Å².